The zero-order valence-corrected chi connectivity index (χ0v) is 25.0. The molecular formula is C33H61O3-. The molecule has 3 heteroatoms. The van der Waals surface area contributed by atoms with Crippen LogP contribution in [-0.4, -0.2) is 34.6 Å². The number of aliphatic hydroxyl groups excluding tert-OH is 1. The smallest absolute Gasteiger partial charge is 0.0815 e. The average Bonchev–Trinajstić information content (AvgIpc) is 2.82. The zero-order valence-electron chi connectivity index (χ0n) is 25.0. The van der Waals surface area contributed by atoms with Crippen LogP contribution in [0.4, 0.5) is 0 Å². The van der Waals surface area contributed by atoms with Gasteiger partial charge in [0.15, 0.2) is 0 Å². The van der Waals surface area contributed by atoms with Gasteiger partial charge in [-0.05, 0) is 88.5 Å². The van der Waals surface area contributed by atoms with Gasteiger partial charge in [0.1, 0.15) is 0 Å². The van der Waals surface area contributed by atoms with Crippen molar-refractivity contribution in [3.8, 4) is 0 Å². The van der Waals surface area contributed by atoms with E-state index in [1.165, 1.54) is 43.3 Å². The van der Waals surface area contributed by atoms with E-state index in [0.29, 0.717) is 11.8 Å². The van der Waals surface area contributed by atoms with Crippen LogP contribution in [0.25, 0.3) is 0 Å². The van der Waals surface area contributed by atoms with Gasteiger partial charge < -0.3 is 21.4 Å². The number of rotatable bonds is 20. The van der Waals surface area contributed by atoms with Gasteiger partial charge in [0.2, 0.25) is 0 Å². The van der Waals surface area contributed by atoms with Gasteiger partial charge in [-0.1, -0.05) is 77.5 Å². The van der Waals surface area contributed by atoms with Crippen molar-refractivity contribution in [1.82, 2.24) is 0 Å². The molecule has 0 fully saturated rings. The second-order valence-electron chi connectivity index (χ2n) is 12.2. The van der Waals surface area contributed by atoms with Gasteiger partial charge in [0.05, 0.1) is 17.8 Å². The first kappa shape index (κ1) is 33.4. The summed E-state index contributed by atoms with van der Waals surface area (Å²) in [7, 11) is 0. The molecule has 0 aromatic carbocycles. The molecule has 0 aromatic heterocycles. The van der Waals surface area contributed by atoms with Crippen LogP contribution < -0.4 is 0 Å². The Balaban J connectivity index is 2.40. The molecule has 1 aliphatic carbocycles. The lowest BCUT2D eigenvalue weighted by atomic mass is 9.76. The predicted molar refractivity (Wildman–Crippen MR) is 156 cm³/mol. The number of ether oxygens (including phenoxy) is 1. The van der Waals surface area contributed by atoms with Crippen molar-refractivity contribution >= 4 is 0 Å². The van der Waals surface area contributed by atoms with Gasteiger partial charge >= 0.3 is 0 Å². The Morgan fingerprint density at radius 2 is 1.86 bits per heavy atom. The van der Waals surface area contributed by atoms with Gasteiger partial charge in [-0.25, -0.2) is 0 Å². The monoisotopic (exact) mass is 505 g/mol. The lowest BCUT2D eigenvalue weighted by molar-refractivity contribution is -0.0126. The molecule has 6 unspecified atom stereocenters. The molecule has 0 radical (unpaired) electrons. The molecule has 6 atom stereocenters. The standard InChI is InChI=1S/C33H61O3/c1-8-10-12-14-24-36-32-29(6)28(5)31(34)25-30(32)21-20-27(4)18-15-17-26(3)19-16-23-33(7,35)22-13-11-9-2/h9,19,25,27-29,31-32,34-35H,8,10-18,20-24H2,1-7H3/q-1/b26-19+. The minimum Gasteiger partial charge on any atom is -0.390 e. The normalized spacial score (nSPS) is 25.5. The van der Waals surface area contributed by atoms with Crippen molar-refractivity contribution in [2.45, 2.75) is 156 Å². The number of aliphatic hydroxyl groups is 2. The quantitative estimate of drug-likeness (QED) is 0.0986. The van der Waals surface area contributed by atoms with E-state index in [1.807, 2.05) is 6.92 Å². The van der Waals surface area contributed by atoms with Gasteiger partial charge in [-0.15, -0.1) is 0 Å². The van der Waals surface area contributed by atoms with E-state index in [0.717, 1.165) is 64.4 Å². The molecule has 0 bridgehead atoms. The SMILES string of the molecule is C[CH-]CCCC(C)(O)CC/C=C(\C)CCCC(C)CCC1=CC(O)C(C)C(C)C1OCCCCCC. The van der Waals surface area contributed by atoms with Crippen LogP contribution in [0.5, 0.6) is 0 Å². The van der Waals surface area contributed by atoms with E-state index >= 15 is 0 Å². The molecule has 0 heterocycles. The van der Waals surface area contributed by atoms with Crippen LogP contribution in [0.2, 0.25) is 0 Å². The first-order chi connectivity index (χ1) is 17.1. The number of unbranched alkanes of at least 4 members (excludes halogenated alkanes) is 5. The molecule has 2 N–H and O–H groups in total. The van der Waals surface area contributed by atoms with Crippen LogP contribution in [0.3, 0.4) is 0 Å². The third-order valence-electron chi connectivity index (χ3n) is 8.47. The molecule has 3 nitrogen and oxygen atoms in total. The Morgan fingerprint density at radius 1 is 1.11 bits per heavy atom. The number of allylic oxidation sites excluding steroid dienone is 2. The van der Waals surface area contributed by atoms with Crippen LogP contribution >= 0.6 is 0 Å². The second-order valence-corrected chi connectivity index (χ2v) is 12.2. The molecule has 0 aliphatic heterocycles. The summed E-state index contributed by atoms with van der Waals surface area (Å²) in [4.78, 5) is 0. The van der Waals surface area contributed by atoms with E-state index in [9.17, 15) is 10.2 Å². The molecule has 0 spiro atoms. The van der Waals surface area contributed by atoms with Crippen molar-refractivity contribution in [1.29, 1.82) is 0 Å². The maximum absolute atomic E-state index is 10.6. The summed E-state index contributed by atoms with van der Waals surface area (Å²) in [6, 6.07) is 0. The molecule has 0 saturated carbocycles. The maximum Gasteiger partial charge on any atom is 0.0815 e. The van der Waals surface area contributed by atoms with E-state index in [1.54, 1.807) is 0 Å². The van der Waals surface area contributed by atoms with Gasteiger partial charge in [0, 0.05) is 6.61 Å². The summed E-state index contributed by atoms with van der Waals surface area (Å²) in [5, 5.41) is 21.1. The molecule has 0 aromatic rings. The molecule has 0 amide bonds. The van der Waals surface area contributed by atoms with E-state index in [-0.39, 0.29) is 18.1 Å². The lowest BCUT2D eigenvalue weighted by Gasteiger charge is -2.38. The highest BCUT2D eigenvalue weighted by molar-refractivity contribution is 5.18. The fraction of sp³-hybridized carbons (Fsp3) is 0.848. The summed E-state index contributed by atoms with van der Waals surface area (Å²) in [5.41, 5.74) is 2.25. The summed E-state index contributed by atoms with van der Waals surface area (Å²) in [5.74, 6) is 1.28. The largest absolute Gasteiger partial charge is 0.390 e. The van der Waals surface area contributed by atoms with Crippen LogP contribution in [0.15, 0.2) is 23.3 Å². The lowest BCUT2D eigenvalue weighted by Crippen LogP contribution is -2.39. The van der Waals surface area contributed by atoms with Crippen LogP contribution in [0.1, 0.15) is 138 Å². The second kappa shape index (κ2) is 18.6. The first-order valence-corrected chi connectivity index (χ1v) is 15.3. The molecule has 36 heavy (non-hydrogen) atoms. The predicted octanol–water partition coefficient (Wildman–Crippen LogP) is 8.98. The van der Waals surface area contributed by atoms with Crippen molar-refractivity contribution < 1.29 is 14.9 Å². The van der Waals surface area contributed by atoms with E-state index in [4.69, 9.17) is 4.74 Å². The fourth-order valence-electron chi connectivity index (χ4n) is 5.44. The van der Waals surface area contributed by atoms with Crippen LogP contribution in [-0.2, 0) is 4.74 Å². The Kier molecular flexibility index (Phi) is 17.2. The maximum atomic E-state index is 10.6. The minimum atomic E-state index is -0.540. The topological polar surface area (TPSA) is 49.7 Å². The van der Waals surface area contributed by atoms with Crippen molar-refractivity contribution in [2.75, 3.05) is 6.61 Å². The average molecular weight is 506 g/mol. The number of hydrogen-bond donors (Lipinski definition) is 2. The molecule has 1 rings (SSSR count). The van der Waals surface area contributed by atoms with E-state index in [2.05, 4.69) is 60.1 Å². The van der Waals surface area contributed by atoms with Gasteiger partial charge in [0.25, 0.3) is 0 Å². The van der Waals surface area contributed by atoms with Crippen LogP contribution in [0, 0.1) is 24.2 Å². The van der Waals surface area contributed by atoms with Crippen molar-refractivity contribution in [3.63, 3.8) is 0 Å². The molecule has 0 saturated heterocycles. The third kappa shape index (κ3) is 13.8. The zero-order chi connectivity index (χ0) is 27.0. The Morgan fingerprint density at radius 3 is 2.56 bits per heavy atom. The van der Waals surface area contributed by atoms with Crippen molar-refractivity contribution in [3.05, 3.63) is 29.7 Å². The summed E-state index contributed by atoms with van der Waals surface area (Å²) < 4.78 is 6.40. The Bertz CT molecular complexity index is 620. The fourth-order valence-corrected chi connectivity index (χ4v) is 5.44. The highest BCUT2D eigenvalue weighted by atomic mass is 16.5. The summed E-state index contributed by atoms with van der Waals surface area (Å²) >= 11 is 0. The Labute approximate surface area is 225 Å². The number of hydrogen-bond acceptors (Lipinski definition) is 3. The Hall–Kier alpha value is -0.640. The van der Waals surface area contributed by atoms with Crippen molar-refractivity contribution in [2.24, 2.45) is 17.8 Å². The highest BCUT2D eigenvalue weighted by Crippen LogP contribution is 2.35. The highest BCUT2D eigenvalue weighted by Gasteiger charge is 2.34. The van der Waals surface area contributed by atoms with E-state index < -0.39 is 5.60 Å². The molecule has 1 aliphatic rings. The first-order valence-electron chi connectivity index (χ1n) is 15.3. The molecule has 212 valence electrons. The minimum absolute atomic E-state index is 0.166. The van der Waals surface area contributed by atoms with Gasteiger partial charge in [-0.2, -0.15) is 13.3 Å². The van der Waals surface area contributed by atoms with Gasteiger partial charge in [-0.3, -0.25) is 0 Å². The summed E-state index contributed by atoms with van der Waals surface area (Å²) in [6.07, 6.45) is 22.0. The summed E-state index contributed by atoms with van der Waals surface area (Å²) in [6.45, 7) is 16.2. The molecular weight excluding hydrogens is 444 g/mol. The third-order valence-corrected chi connectivity index (χ3v) is 8.47.